The van der Waals surface area contributed by atoms with Crippen LogP contribution in [0.4, 0.5) is 0 Å². The van der Waals surface area contributed by atoms with Crippen LogP contribution in [-0.4, -0.2) is 10.4 Å². The molecule has 0 atom stereocenters. The molecule has 0 spiro atoms. The topological polar surface area (TPSA) is 22.0 Å². The summed E-state index contributed by atoms with van der Waals surface area (Å²) in [5, 5.41) is 1.16. The molecule has 2 nitrogen and oxygen atoms in total. The van der Waals surface area contributed by atoms with Gasteiger partial charge in [0.2, 0.25) is 0 Å². The summed E-state index contributed by atoms with van der Waals surface area (Å²) in [6.07, 6.45) is 0.477. The van der Waals surface area contributed by atoms with Crippen LogP contribution in [-0.2, 0) is 17.8 Å². The van der Waals surface area contributed by atoms with E-state index < -0.39 is 0 Å². The van der Waals surface area contributed by atoms with Crippen LogP contribution >= 0.6 is 15.9 Å². The minimum atomic E-state index is 0.220. The van der Waals surface area contributed by atoms with Crippen LogP contribution in [0.5, 0.6) is 0 Å². The average Bonchev–Trinajstić information content (AvgIpc) is 2.74. The van der Waals surface area contributed by atoms with E-state index in [0.29, 0.717) is 13.0 Å². The highest BCUT2D eigenvalue weighted by Crippen LogP contribution is 2.30. The van der Waals surface area contributed by atoms with Gasteiger partial charge < -0.3 is 4.57 Å². The molecule has 21 heavy (non-hydrogen) atoms. The van der Waals surface area contributed by atoms with Gasteiger partial charge >= 0.3 is 0 Å². The SMILES string of the molecule is Cc1c(Br)c2ccccc2n1CC(=O)Cc1ccccc1. The third-order valence-electron chi connectivity index (χ3n) is 3.73. The third-order valence-corrected chi connectivity index (χ3v) is 4.73. The first-order chi connectivity index (χ1) is 10.2. The van der Waals surface area contributed by atoms with Gasteiger partial charge in [-0.25, -0.2) is 0 Å². The number of rotatable bonds is 4. The van der Waals surface area contributed by atoms with Crippen LogP contribution in [0.1, 0.15) is 11.3 Å². The number of hydrogen-bond acceptors (Lipinski definition) is 1. The predicted molar refractivity (Wildman–Crippen MR) is 89.5 cm³/mol. The fraction of sp³-hybridized carbons (Fsp3) is 0.167. The maximum atomic E-state index is 12.4. The van der Waals surface area contributed by atoms with Crippen molar-refractivity contribution in [1.82, 2.24) is 4.57 Å². The highest BCUT2D eigenvalue weighted by Gasteiger charge is 2.14. The zero-order valence-electron chi connectivity index (χ0n) is 11.8. The Kier molecular flexibility index (Phi) is 3.93. The lowest BCUT2D eigenvalue weighted by Gasteiger charge is -2.07. The molecular weight excluding hydrogens is 326 g/mol. The van der Waals surface area contributed by atoms with Crippen molar-refractivity contribution in [3.8, 4) is 0 Å². The van der Waals surface area contributed by atoms with E-state index in [1.807, 2.05) is 49.4 Å². The first-order valence-corrected chi connectivity index (χ1v) is 7.75. The molecule has 0 fully saturated rings. The molecule has 1 heterocycles. The van der Waals surface area contributed by atoms with Gasteiger partial charge in [0.1, 0.15) is 0 Å². The molecule has 0 bridgehead atoms. The smallest absolute Gasteiger partial charge is 0.156 e. The van der Waals surface area contributed by atoms with Gasteiger partial charge in [-0.05, 0) is 34.5 Å². The zero-order chi connectivity index (χ0) is 14.8. The summed E-state index contributed by atoms with van der Waals surface area (Å²) in [4.78, 5) is 12.4. The molecule has 0 saturated heterocycles. The second-order valence-electron chi connectivity index (χ2n) is 5.20. The number of aromatic nitrogens is 1. The number of fused-ring (bicyclic) bond motifs is 1. The van der Waals surface area contributed by atoms with E-state index in [1.54, 1.807) is 0 Å². The van der Waals surface area contributed by atoms with E-state index in [1.165, 1.54) is 0 Å². The van der Waals surface area contributed by atoms with Gasteiger partial charge in [0.25, 0.3) is 0 Å². The molecule has 0 radical (unpaired) electrons. The van der Waals surface area contributed by atoms with Crippen LogP contribution in [0.2, 0.25) is 0 Å². The normalized spacial score (nSPS) is 11.0. The van der Waals surface area contributed by atoms with Crippen LogP contribution < -0.4 is 0 Å². The number of ketones is 1. The summed E-state index contributed by atoms with van der Waals surface area (Å²) in [5.74, 6) is 0.220. The maximum absolute atomic E-state index is 12.4. The van der Waals surface area contributed by atoms with Gasteiger partial charge in [-0.15, -0.1) is 0 Å². The van der Waals surface area contributed by atoms with E-state index in [9.17, 15) is 4.79 Å². The number of para-hydroxylation sites is 1. The molecule has 0 saturated carbocycles. The van der Waals surface area contributed by atoms with Crippen molar-refractivity contribution in [3.05, 3.63) is 70.3 Å². The Labute approximate surface area is 132 Å². The molecule has 0 aliphatic heterocycles. The second kappa shape index (κ2) is 5.86. The van der Waals surface area contributed by atoms with Gasteiger partial charge in [-0.1, -0.05) is 48.5 Å². The van der Waals surface area contributed by atoms with Gasteiger partial charge in [-0.2, -0.15) is 0 Å². The molecule has 1 aromatic heterocycles. The largest absolute Gasteiger partial charge is 0.336 e. The summed E-state index contributed by atoms with van der Waals surface area (Å²) >= 11 is 3.63. The molecule has 106 valence electrons. The molecular formula is C18H16BrNO. The number of carbonyl (C=O) groups excluding carboxylic acids is 1. The van der Waals surface area contributed by atoms with E-state index in [-0.39, 0.29) is 5.78 Å². The lowest BCUT2D eigenvalue weighted by Crippen LogP contribution is -2.13. The van der Waals surface area contributed by atoms with Crippen LogP contribution in [0.3, 0.4) is 0 Å². The standard InChI is InChI=1S/C18H16BrNO/c1-13-18(19)16-9-5-6-10-17(16)20(13)12-15(21)11-14-7-3-2-4-8-14/h2-10H,11-12H2,1H3. The minimum absolute atomic E-state index is 0.220. The Morgan fingerprint density at radius 1 is 1.05 bits per heavy atom. The van der Waals surface area contributed by atoms with Crippen LogP contribution in [0, 0.1) is 6.92 Å². The first-order valence-electron chi connectivity index (χ1n) is 6.96. The van der Waals surface area contributed by atoms with E-state index in [2.05, 4.69) is 32.6 Å². The zero-order valence-corrected chi connectivity index (χ0v) is 13.4. The number of benzene rings is 2. The van der Waals surface area contributed by atoms with Gasteiger partial charge in [0.05, 0.1) is 6.54 Å². The Balaban J connectivity index is 1.88. The molecule has 0 unspecified atom stereocenters. The molecule has 0 amide bonds. The van der Waals surface area contributed by atoms with Crippen molar-refractivity contribution in [1.29, 1.82) is 0 Å². The molecule has 2 aromatic carbocycles. The Bertz CT molecular complexity index is 790. The van der Waals surface area contributed by atoms with Crippen LogP contribution in [0.15, 0.2) is 59.1 Å². The first kappa shape index (κ1) is 14.1. The number of carbonyl (C=O) groups is 1. The molecule has 3 aromatic rings. The van der Waals surface area contributed by atoms with E-state index in [4.69, 9.17) is 0 Å². The molecule has 0 aliphatic carbocycles. The Morgan fingerprint density at radius 3 is 2.48 bits per heavy atom. The number of Topliss-reactive ketones (excluding diaryl/α,β-unsaturated/α-hetero) is 1. The van der Waals surface area contributed by atoms with Gasteiger partial charge in [-0.3, -0.25) is 4.79 Å². The van der Waals surface area contributed by atoms with Crippen molar-refractivity contribution < 1.29 is 4.79 Å². The number of halogens is 1. The Hall–Kier alpha value is -1.87. The summed E-state index contributed by atoms with van der Waals surface area (Å²) < 4.78 is 3.16. The van der Waals surface area contributed by atoms with E-state index in [0.717, 1.165) is 26.6 Å². The second-order valence-corrected chi connectivity index (χ2v) is 6.00. The quantitative estimate of drug-likeness (QED) is 0.683. The predicted octanol–water partition coefficient (Wildman–Crippen LogP) is 4.52. The number of nitrogens with zero attached hydrogens (tertiary/aromatic N) is 1. The van der Waals surface area contributed by atoms with Crippen LogP contribution in [0.25, 0.3) is 10.9 Å². The average molecular weight is 342 g/mol. The van der Waals surface area contributed by atoms with Crippen molar-refractivity contribution in [2.24, 2.45) is 0 Å². The maximum Gasteiger partial charge on any atom is 0.156 e. The Morgan fingerprint density at radius 2 is 1.71 bits per heavy atom. The molecule has 0 N–H and O–H groups in total. The van der Waals surface area contributed by atoms with Crippen molar-refractivity contribution in [2.45, 2.75) is 19.9 Å². The van der Waals surface area contributed by atoms with Crippen molar-refractivity contribution >= 4 is 32.6 Å². The fourth-order valence-corrected chi connectivity index (χ4v) is 3.20. The lowest BCUT2D eigenvalue weighted by molar-refractivity contribution is -0.118. The monoisotopic (exact) mass is 341 g/mol. The highest BCUT2D eigenvalue weighted by molar-refractivity contribution is 9.10. The summed E-state index contributed by atoms with van der Waals surface area (Å²) in [5.41, 5.74) is 3.26. The van der Waals surface area contributed by atoms with Crippen molar-refractivity contribution in [2.75, 3.05) is 0 Å². The molecule has 0 aliphatic rings. The fourth-order valence-electron chi connectivity index (χ4n) is 2.65. The van der Waals surface area contributed by atoms with Gasteiger partial charge in [0.15, 0.2) is 5.78 Å². The summed E-state index contributed by atoms with van der Waals surface area (Å²) in [7, 11) is 0. The van der Waals surface area contributed by atoms with Crippen molar-refractivity contribution in [3.63, 3.8) is 0 Å². The summed E-state index contributed by atoms with van der Waals surface area (Å²) in [6.45, 7) is 2.45. The lowest BCUT2D eigenvalue weighted by atomic mass is 10.1. The number of hydrogen-bond donors (Lipinski definition) is 0. The van der Waals surface area contributed by atoms with E-state index >= 15 is 0 Å². The highest BCUT2D eigenvalue weighted by atomic mass is 79.9. The third kappa shape index (κ3) is 2.79. The molecule has 3 heteroatoms. The van der Waals surface area contributed by atoms with Gasteiger partial charge in [0, 0.05) is 27.5 Å². The summed E-state index contributed by atoms with van der Waals surface area (Å²) in [6, 6.07) is 18.0. The minimum Gasteiger partial charge on any atom is -0.336 e. The molecule has 3 rings (SSSR count).